The summed E-state index contributed by atoms with van der Waals surface area (Å²) in [5, 5.41) is 0. The number of hydrogen-bond acceptors (Lipinski definition) is 4. The molecule has 0 spiro atoms. The molecule has 0 unspecified atom stereocenters. The fourth-order valence-electron chi connectivity index (χ4n) is 3.13. The Morgan fingerprint density at radius 3 is 2.17 bits per heavy atom. The molecule has 1 aromatic carbocycles. The van der Waals surface area contributed by atoms with Crippen LogP contribution < -0.4 is 4.74 Å². The smallest absolute Gasteiger partial charge is 0.157 e. The lowest BCUT2D eigenvalue weighted by Crippen LogP contribution is -2.51. The van der Waals surface area contributed by atoms with E-state index in [9.17, 15) is 8.42 Å². The van der Waals surface area contributed by atoms with Crippen molar-refractivity contribution in [3.63, 3.8) is 0 Å². The van der Waals surface area contributed by atoms with Crippen molar-refractivity contribution in [3.05, 3.63) is 29.8 Å². The Kier molecular flexibility index (Phi) is 6.70. The molecule has 0 radical (unpaired) electrons. The minimum Gasteiger partial charge on any atom is -0.494 e. The first-order valence-corrected chi connectivity index (χ1v) is 10.9. The van der Waals surface area contributed by atoms with Gasteiger partial charge in [-0.05, 0) is 43.4 Å². The van der Waals surface area contributed by atoms with Crippen molar-refractivity contribution in [1.29, 1.82) is 0 Å². The Hall–Kier alpha value is -1.07. The molecule has 0 N–H and O–H groups in total. The van der Waals surface area contributed by atoms with Crippen LogP contribution in [0.3, 0.4) is 0 Å². The molecule has 0 aromatic heterocycles. The van der Waals surface area contributed by atoms with Gasteiger partial charge in [-0.15, -0.1) is 0 Å². The lowest BCUT2D eigenvalue weighted by Gasteiger charge is -2.46. The number of hydrogen-bond donors (Lipinski definition) is 0. The summed E-state index contributed by atoms with van der Waals surface area (Å²) in [4.78, 5) is 0. The SMILES string of the molecule is CCCCOc1ccc(C2(S(C)(=O)=O)CC(OCCCC)C2)cc1. The van der Waals surface area contributed by atoms with Gasteiger partial charge in [0.05, 0.1) is 12.7 Å². The maximum atomic E-state index is 12.4. The Morgan fingerprint density at radius 2 is 1.62 bits per heavy atom. The van der Waals surface area contributed by atoms with Gasteiger partial charge in [0.1, 0.15) is 10.5 Å². The van der Waals surface area contributed by atoms with Gasteiger partial charge in [0.15, 0.2) is 9.84 Å². The van der Waals surface area contributed by atoms with Gasteiger partial charge in [-0.1, -0.05) is 38.8 Å². The Bertz CT molecular complexity index is 601. The minimum absolute atomic E-state index is 0.0479. The zero-order valence-electron chi connectivity index (χ0n) is 15.1. The van der Waals surface area contributed by atoms with E-state index < -0.39 is 14.6 Å². The van der Waals surface area contributed by atoms with Gasteiger partial charge < -0.3 is 9.47 Å². The first kappa shape index (κ1) is 19.3. The van der Waals surface area contributed by atoms with Crippen molar-refractivity contribution < 1.29 is 17.9 Å². The molecule has 0 saturated heterocycles. The lowest BCUT2D eigenvalue weighted by atomic mass is 9.76. The Morgan fingerprint density at radius 1 is 1.04 bits per heavy atom. The lowest BCUT2D eigenvalue weighted by molar-refractivity contribution is -0.0229. The zero-order chi connectivity index (χ0) is 17.6. The van der Waals surface area contributed by atoms with E-state index in [1.807, 2.05) is 24.3 Å². The van der Waals surface area contributed by atoms with Crippen LogP contribution in [0.5, 0.6) is 5.75 Å². The van der Waals surface area contributed by atoms with Gasteiger partial charge in [0.2, 0.25) is 0 Å². The van der Waals surface area contributed by atoms with Crippen molar-refractivity contribution in [3.8, 4) is 5.75 Å². The van der Waals surface area contributed by atoms with Crippen molar-refractivity contribution in [2.75, 3.05) is 19.5 Å². The third-order valence-electron chi connectivity index (χ3n) is 4.82. The van der Waals surface area contributed by atoms with Crippen molar-refractivity contribution in [2.45, 2.75) is 63.2 Å². The molecule has 4 nitrogen and oxygen atoms in total. The molecule has 2 rings (SSSR count). The highest BCUT2D eigenvalue weighted by molar-refractivity contribution is 7.91. The fourth-order valence-corrected chi connectivity index (χ4v) is 4.67. The molecule has 0 aliphatic heterocycles. The second-order valence-corrected chi connectivity index (χ2v) is 9.07. The Balaban J connectivity index is 2.05. The van der Waals surface area contributed by atoms with E-state index in [4.69, 9.17) is 9.47 Å². The molecule has 1 aliphatic rings. The molecule has 0 bridgehead atoms. The average Bonchev–Trinajstić information content (AvgIpc) is 2.49. The first-order valence-electron chi connectivity index (χ1n) is 8.97. The van der Waals surface area contributed by atoms with Gasteiger partial charge in [-0.3, -0.25) is 0 Å². The van der Waals surface area contributed by atoms with Crippen LogP contribution in [-0.2, 0) is 19.3 Å². The molecule has 0 heterocycles. The van der Waals surface area contributed by atoms with Gasteiger partial charge >= 0.3 is 0 Å². The summed E-state index contributed by atoms with van der Waals surface area (Å²) in [5.41, 5.74) is 0.850. The summed E-state index contributed by atoms with van der Waals surface area (Å²) >= 11 is 0. The molecule has 0 amide bonds. The van der Waals surface area contributed by atoms with Crippen LogP contribution in [0.15, 0.2) is 24.3 Å². The van der Waals surface area contributed by atoms with E-state index >= 15 is 0 Å². The number of rotatable bonds is 10. The van der Waals surface area contributed by atoms with E-state index in [1.165, 1.54) is 6.26 Å². The van der Waals surface area contributed by atoms with E-state index in [-0.39, 0.29) is 6.10 Å². The molecular weight excluding hydrogens is 324 g/mol. The third kappa shape index (κ3) is 4.31. The van der Waals surface area contributed by atoms with E-state index in [1.54, 1.807) is 0 Å². The second-order valence-electron chi connectivity index (χ2n) is 6.75. The highest BCUT2D eigenvalue weighted by Crippen LogP contribution is 2.49. The number of sulfone groups is 1. The molecule has 136 valence electrons. The molecule has 24 heavy (non-hydrogen) atoms. The number of benzene rings is 1. The van der Waals surface area contributed by atoms with Crippen LogP contribution in [0.1, 0.15) is 57.9 Å². The summed E-state index contributed by atoms with van der Waals surface area (Å²) < 4.78 is 35.5. The predicted octanol–water partition coefficient (Wildman–Crippen LogP) is 4.08. The number of unbranched alkanes of at least 4 members (excludes halogenated alkanes) is 2. The normalized spacial score (nSPS) is 23.7. The molecular formula is C19H30O4S. The molecule has 1 aromatic rings. The summed E-state index contributed by atoms with van der Waals surface area (Å²) in [6.45, 7) is 5.65. The maximum Gasteiger partial charge on any atom is 0.157 e. The summed E-state index contributed by atoms with van der Waals surface area (Å²) in [5.74, 6) is 0.797. The third-order valence-corrected chi connectivity index (χ3v) is 6.81. The van der Waals surface area contributed by atoms with E-state index in [2.05, 4.69) is 13.8 Å². The maximum absolute atomic E-state index is 12.4. The van der Waals surface area contributed by atoms with E-state index in [0.717, 1.165) is 37.0 Å². The topological polar surface area (TPSA) is 52.6 Å². The standard InChI is InChI=1S/C19H30O4S/c1-4-6-12-22-17-10-8-16(9-11-17)19(24(3,20)21)14-18(15-19)23-13-7-5-2/h8-11,18H,4-7,12-15H2,1-3H3. The van der Waals surface area contributed by atoms with Gasteiger partial charge in [0, 0.05) is 12.9 Å². The van der Waals surface area contributed by atoms with Crippen LogP contribution in [0.25, 0.3) is 0 Å². The van der Waals surface area contributed by atoms with Gasteiger partial charge in [0.25, 0.3) is 0 Å². The molecule has 1 saturated carbocycles. The van der Waals surface area contributed by atoms with Gasteiger partial charge in [-0.2, -0.15) is 0 Å². The highest BCUT2D eigenvalue weighted by atomic mass is 32.2. The van der Waals surface area contributed by atoms with Crippen LogP contribution in [0.4, 0.5) is 0 Å². The minimum atomic E-state index is -3.20. The van der Waals surface area contributed by atoms with Crippen molar-refractivity contribution in [2.24, 2.45) is 0 Å². The monoisotopic (exact) mass is 354 g/mol. The molecule has 1 aliphatic carbocycles. The summed E-state index contributed by atoms with van der Waals surface area (Å²) in [6, 6.07) is 7.54. The average molecular weight is 355 g/mol. The largest absolute Gasteiger partial charge is 0.494 e. The predicted molar refractivity (Wildman–Crippen MR) is 97.2 cm³/mol. The van der Waals surface area contributed by atoms with Crippen LogP contribution >= 0.6 is 0 Å². The van der Waals surface area contributed by atoms with Crippen LogP contribution in [0.2, 0.25) is 0 Å². The van der Waals surface area contributed by atoms with Crippen LogP contribution in [0, 0.1) is 0 Å². The quantitative estimate of drug-likeness (QED) is 0.594. The molecule has 1 fully saturated rings. The first-order chi connectivity index (χ1) is 11.4. The van der Waals surface area contributed by atoms with Crippen LogP contribution in [-0.4, -0.2) is 34.0 Å². The molecule has 0 atom stereocenters. The fraction of sp³-hybridized carbons (Fsp3) is 0.684. The second kappa shape index (κ2) is 8.34. The van der Waals surface area contributed by atoms with Crippen molar-refractivity contribution in [1.82, 2.24) is 0 Å². The van der Waals surface area contributed by atoms with Crippen molar-refractivity contribution >= 4 is 9.84 Å². The highest BCUT2D eigenvalue weighted by Gasteiger charge is 2.53. The summed E-state index contributed by atoms with van der Waals surface area (Å²) in [7, 11) is -3.20. The van der Waals surface area contributed by atoms with E-state index in [0.29, 0.717) is 26.1 Å². The molecule has 5 heteroatoms. The van der Waals surface area contributed by atoms with Gasteiger partial charge in [-0.25, -0.2) is 8.42 Å². The zero-order valence-corrected chi connectivity index (χ0v) is 15.9. The summed E-state index contributed by atoms with van der Waals surface area (Å²) in [6.07, 6.45) is 6.69. The Labute approximate surface area is 146 Å². The number of ether oxygens (including phenoxy) is 2.